The zero-order valence-electron chi connectivity index (χ0n) is 20.5. The molecule has 0 spiro atoms. The van der Waals surface area contributed by atoms with E-state index >= 15 is 0 Å². The van der Waals surface area contributed by atoms with Crippen LogP contribution in [-0.2, 0) is 13.1 Å². The maximum atomic E-state index is 14.3. The summed E-state index contributed by atoms with van der Waals surface area (Å²) in [4.78, 5) is 27.2. The van der Waals surface area contributed by atoms with Crippen LogP contribution in [-0.4, -0.2) is 38.8 Å². The molecule has 1 amide bonds. The van der Waals surface area contributed by atoms with Crippen molar-refractivity contribution in [2.75, 3.05) is 13.1 Å². The monoisotopic (exact) mass is 547 g/mol. The average Bonchev–Trinajstić information content (AvgIpc) is 3.38. The molecular weight excluding hydrogens is 521 g/mol. The SMILES string of the molecule is Cl.Cl.O=C(c1ccnc2ccccc12)N1CC[N+]([O-])(Cc2cnc[nH]2)c2ccc(-c3ccccc3)cc2C1. The molecule has 1 unspecified atom stereocenters. The van der Waals surface area contributed by atoms with Crippen molar-refractivity contribution in [3.8, 4) is 11.1 Å². The van der Waals surface area contributed by atoms with Crippen LogP contribution in [0.15, 0.2) is 97.6 Å². The number of H-pyrrole nitrogens is 1. The van der Waals surface area contributed by atoms with E-state index in [0.717, 1.165) is 33.3 Å². The van der Waals surface area contributed by atoms with Gasteiger partial charge >= 0.3 is 0 Å². The summed E-state index contributed by atoms with van der Waals surface area (Å²) < 4.78 is -0.562. The van der Waals surface area contributed by atoms with E-state index in [1.807, 2.05) is 66.7 Å². The van der Waals surface area contributed by atoms with Gasteiger partial charge in [0.15, 0.2) is 0 Å². The number of carbonyl (C=O) groups excluding carboxylic acids is 1. The Morgan fingerprint density at radius 2 is 1.76 bits per heavy atom. The highest BCUT2D eigenvalue weighted by Gasteiger charge is 2.32. The molecule has 2 aromatic heterocycles. The van der Waals surface area contributed by atoms with Gasteiger partial charge < -0.3 is 19.7 Å². The molecule has 6 rings (SSSR count). The van der Waals surface area contributed by atoms with E-state index in [0.29, 0.717) is 24.3 Å². The van der Waals surface area contributed by atoms with Crippen molar-refractivity contribution in [1.82, 2.24) is 24.5 Å². The number of hydrogen-bond acceptors (Lipinski definition) is 4. The predicted molar refractivity (Wildman–Crippen MR) is 155 cm³/mol. The fourth-order valence-electron chi connectivity index (χ4n) is 5.04. The first-order valence-electron chi connectivity index (χ1n) is 12.0. The van der Waals surface area contributed by atoms with Gasteiger partial charge in [0.05, 0.1) is 42.4 Å². The first-order valence-corrected chi connectivity index (χ1v) is 12.0. The lowest BCUT2D eigenvalue weighted by atomic mass is 10.0. The standard InChI is InChI=1S/C29H25N5O2.2ClH/c35-29(26-12-13-31-27-9-5-4-8-25(26)27)33-14-15-34(36,19-24-17-30-20-32-24)28-11-10-22(16-23(28)18-33)21-6-2-1-3-7-21;;/h1-13,16-17,20H,14-15,18-19H2,(H,30,32);2*1H. The van der Waals surface area contributed by atoms with Gasteiger partial charge in [-0.2, -0.15) is 0 Å². The fourth-order valence-corrected chi connectivity index (χ4v) is 5.04. The van der Waals surface area contributed by atoms with Crippen molar-refractivity contribution in [2.45, 2.75) is 13.1 Å². The van der Waals surface area contributed by atoms with Crippen LogP contribution in [0.1, 0.15) is 21.6 Å². The summed E-state index contributed by atoms with van der Waals surface area (Å²) in [5.41, 5.74) is 5.77. The molecule has 1 atom stereocenters. The molecule has 0 radical (unpaired) electrons. The Labute approximate surface area is 233 Å². The topological polar surface area (TPSA) is 84.9 Å². The van der Waals surface area contributed by atoms with Crippen LogP contribution in [0.5, 0.6) is 0 Å². The molecule has 5 aromatic rings. The number of nitrogens with one attached hydrogen (secondary N) is 1. The number of imidazole rings is 1. The molecular formula is C29H27Cl2N5O2. The molecule has 3 aromatic carbocycles. The van der Waals surface area contributed by atoms with Crippen LogP contribution < -0.4 is 4.65 Å². The number of halogens is 2. The van der Waals surface area contributed by atoms with Crippen molar-refractivity contribution in [1.29, 1.82) is 0 Å². The number of carbonyl (C=O) groups is 1. The molecule has 194 valence electrons. The van der Waals surface area contributed by atoms with E-state index in [-0.39, 0.29) is 43.8 Å². The summed E-state index contributed by atoms with van der Waals surface area (Å²) in [6, 6.07) is 25.5. The summed E-state index contributed by atoms with van der Waals surface area (Å²) >= 11 is 0. The molecule has 1 aliphatic rings. The molecule has 3 heterocycles. The maximum absolute atomic E-state index is 14.3. The largest absolute Gasteiger partial charge is 0.627 e. The quantitative estimate of drug-likeness (QED) is 0.216. The van der Waals surface area contributed by atoms with Crippen LogP contribution in [0, 0.1) is 5.21 Å². The third-order valence-electron chi connectivity index (χ3n) is 6.87. The van der Waals surface area contributed by atoms with E-state index in [1.165, 1.54) is 0 Å². The van der Waals surface area contributed by atoms with Gasteiger partial charge in [0.1, 0.15) is 18.8 Å². The highest BCUT2D eigenvalue weighted by Crippen LogP contribution is 2.36. The van der Waals surface area contributed by atoms with E-state index in [1.54, 1.807) is 29.7 Å². The van der Waals surface area contributed by atoms with Crippen LogP contribution in [0.4, 0.5) is 5.69 Å². The number of aromatic amines is 1. The first kappa shape index (κ1) is 27.3. The van der Waals surface area contributed by atoms with Gasteiger partial charge in [0.2, 0.25) is 0 Å². The van der Waals surface area contributed by atoms with E-state index in [4.69, 9.17) is 0 Å². The number of aromatic nitrogens is 3. The van der Waals surface area contributed by atoms with E-state index < -0.39 is 4.65 Å². The minimum Gasteiger partial charge on any atom is -0.627 e. The van der Waals surface area contributed by atoms with Gasteiger partial charge in [-0.1, -0.05) is 48.5 Å². The molecule has 0 aliphatic carbocycles. The van der Waals surface area contributed by atoms with Crippen LogP contribution in [0.3, 0.4) is 0 Å². The minimum atomic E-state index is -0.562. The molecule has 9 heteroatoms. The summed E-state index contributed by atoms with van der Waals surface area (Å²) in [6.07, 6.45) is 4.94. The van der Waals surface area contributed by atoms with Crippen molar-refractivity contribution < 1.29 is 4.79 Å². The Bertz CT molecular complexity index is 1540. The number of para-hydroxylation sites is 1. The first-order chi connectivity index (χ1) is 17.6. The number of amides is 1. The minimum absolute atomic E-state index is 0. The smallest absolute Gasteiger partial charge is 0.255 e. The average molecular weight is 548 g/mol. The second kappa shape index (κ2) is 11.3. The van der Waals surface area contributed by atoms with Crippen LogP contribution in [0.2, 0.25) is 0 Å². The summed E-state index contributed by atoms with van der Waals surface area (Å²) in [7, 11) is 0. The molecule has 1 N–H and O–H groups in total. The second-order valence-corrected chi connectivity index (χ2v) is 9.16. The molecule has 0 fully saturated rings. The van der Waals surface area contributed by atoms with Gasteiger partial charge in [-0.3, -0.25) is 9.78 Å². The number of nitrogens with zero attached hydrogens (tertiary/aromatic N) is 4. The van der Waals surface area contributed by atoms with Crippen molar-refractivity contribution in [3.05, 3.63) is 120 Å². The van der Waals surface area contributed by atoms with Crippen molar-refractivity contribution >= 4 is 47.3 Å². The number of hydrogen-bond donors (Lipinski definition) is 1. The lowest BCUT2D eigenvalue weighted by molar-refractivity contribution is 0.0743. The summed E-state index contributed by atoms with van der Waals surface area (Å²) in [5, 5.41) is 15.2. The Balaban J connectivity index is 0.00000168. The van der Waals surface area contributed by atoms with Gasteiger partial charge in [-0.15, -0.1) is 24.8 Å². The maximum Gasteiger partial charge on any atom is 0.255 e. The molecule has 38 heavy (non-hydrogen) atoms. The Kier molecular flexibility index (Phi) is 8.14. The molecule has 7 nitrogen and oxygen atoms in total. The Morgan fingerprint density at radius 1 is 0.974 bits per heavy atom. The summed E-state index contributed by atoms with van der Waals surface area (Å²) in [5.74, 6) is -0.0975. The highest BCUT2D eigenvalue weighted by atomic mass is 35.5. The number of quaternary nitrogens is 1. The van der Waals surface area contributed by atoms with E-state index in [9.17, 15) is 10.0 Å². The molecule has 0 bridgehead atoms. The van der Waals surface area contributed by atoms with Gasteiger partial charge in [0.25, 0.3) is 5.91 Å². The summed E-state index contributed by atoms with van der Waals surface area (Å²) in [6.45, 7) is 1.16. The lowest BCUT2D eigenvalue weighted by Crippen LogP contribution is -2.46. The van der Waals surface area contributed by atoms with Crippen LogP contribution in [0.25, 0.3) is 22.0 Å². The van der Waals surface area contributed by atoms with Gasteiger partial charge in [-0.05, 0) is 35.4 Å². The Morgan fingerprint density at radius 3 is 2.55 bits per heavy atom. The number of rotatable bonds is 4. The zero-order chi connectivity index (χ0) is 24.5. The number of benzene rings is 3. The zero-order valence-corrected chi connectivity index (χ0v) is 22.1. The third kappa shape index (κ3) is 5.14. The number of pyridine rings is 1. The normalized spacial score (nSPS) is 16.6. The molecule has 1 aliphatic heterocycles. The Hall–Kier alpha value is -3.75. The highest BCUT2D eigenvalue weighted by molar-refractivity contribution is 6.06. The van der Waals surface area contributed by atoms with E-state index in [2.05, 4.69) is 21.0 Å². The fraction of sp³-hybridized carbons (Fsp3) is 0.138. The number of hydroxylamine groups is 2. The van der Waals surface area contributed by atoms with Crippen molar-refractivity contribution in [3.63, 3.8) is 0 Å². The van der Waals surface area contributed by atoms with Gasteiger partial charge in [0, 0.05) is 23.2 Å². The predicted octanol–water partition coefficient (Wildman–Crippen LogP) is 6.13. The third-order valence-corrected chi connectivity index (χ3v) is 6.87. The van der Waals surface area contributed by atoms with Gasteiger partial charge in [-0.25, -0.2) is 4.98 Å². The molecule has 0 saturated heterocycles. The lowest BCUT2D eigenvalue weighted by Gasteiger charge is -2.41. The van der Waals surface area contributed by atoms with Crippen molar-refractivity contribution in [2.24, 2.45) is 0 Å². The second-order valence-electron chi connectivity index (χ2n) is 9.16. The number of fused-ring (bicyclic) bond motifs is 2. The van der Waals surface area contributed by atoms with Crippen LogP contribution >= 0.6 is 24.8 Å². The molecule has 0 saturated carbocycles.